The van der Waals surface area contributed by atoms with Gasteiger partial charge in [-0.15, -0.1) is 0 Å². The zero-order valence-electron chi connectivity index (χ0n) is 16.2. The highest BCUT2D eigenvalue weighted by Crippen LogP contribution is 2.35. The molecule has 1 aromatic carbocycles. The number of para-hydroxylation sites is 2. The Kier molecular flexibility index (Phi) is 4.35. The molecule has 4 aromatic rings. The largest absolute Gasteiger partial charge is 0.307 e. The van der Waals surface area contributed by atoms with Gasteiger partial charge in [0.25, 0.3) is 5.91 Å². The van der Waals surface area contributed by atoms with Crippen molar-refractivity contribution in [1.29, 1.82) is 0 Å². The number of anilines is 1. The number of rotatable bonds is 4. The number of carbonyl (C=O) groups is 1. The molecule has 0 unspecified atom stereocenters. The molecule has 0 saturated heterocycles. The summed E-state index contributed by atoms with van der Waals surface area (Å²) < 4.78 is 3.87. The van der Waals surface area contributed by atoms with Gasteiger partial charge in [-0.05, 0) is 44.0 Å². The third kappa shape index (κ3) is 3.08. The van der Waals surface area contributed by atoms with E-state index in [1.807, 2.05) is 43.3 Å². The standard InChI is InChI=1S/C22H22N6O/c1-15-17(14-24-28(15)20-12-6-7-13-23-20)21(29)26-22-25-18-10-4-5-11-19(18)27(22)16-8-2-3-9-16/h4-7,10-14,16H,2-3,8-9H2,1H3,(H,25,26,29). The van der Waals surface area contributed by atoms with E-state index in [1.54, 1.807) is 17.1 Å². The molecule has 146 valence electrons. The summed E-state index contributed by atoms with van der Waals surface area (Å²) in [6.07, 6.45) is 7.93. The summed E-state index contributed by atoms with van der Waals surface area (Å²) in [6.45, 7) is 1.87. The van der Waals surface area contributed by atoms with Crippen LogP contribution in [0.5, 0.6) is 0 Å². The SMILES string of the molecule is Cc1c(C(=O)Nc2nc3ccccc3n2C2CCCC2)cnn1-c1ccccn1. The van der Waals surface area contributed by atoms with Crippen LogP contribution >= 0.6 is 0 Å². The minimum absolute atomic E-state index is 0.209. The van der Waals surface area contributed by atoms with Crippen LogP contribution in [0.1, 0.15) is 47.8 Å². The smallest absolute Gasteiger partial charge is 0.261 e. The van der Waals surface area contributed by atoms with Gasteiger partial charge in [0, 0.05) is 12.2 Å². The summed E-state index contributed by atoms with van der Waals surface area (Å²) in [5, 5.41) is 7.40. The third-order valence-corrected chi connectivity index (χ3v) is 5.63. The second-order valence-corrected chi connectivity index (χ2v) is 7.43. The lowest BCUT2D eigenvalue weighted by molar-refractivity contribution is 0.102. The topological polar surface area (TPSA) is 77.6 Å². The third-order valence-electron chi connectivity index (χ3n) is 5.63. The van der Waals surface area contributed by atoms with Gasteiger partial charge in [-0.25, -0.2) is 14.6 Å². The van der Waals surface area contributed by atoms with E-state index >= 15 is 0 Å². The van der Waals surface area contributed by atoms with Gasteiger partial charge in [0.05, 0.1) is 28.5 Å². The molecule has 0 bridgehead atoms. The van der Waals surface area contributed by atoms with Crippen molar-refractivity contribution in [3.8, 4) is 5.82 Å². The highest BCUT2D eigenvalue weighted by Gasteiger charge is 2.24. The Morgan fingerprint density at radius 2 is 1.90 bits per heavy atom. The average molecular weight is 386 g/mol. The van der Waals surface area contributed by atoms with Crippen molar-refractivity contribution in [2.45, 2.75) is 38.6 Å². The lowest BCUT2D eigenvalue weighted by Gasteiger charge is -2.16. The number of fused-ring (bicyclic) bond motifs is 1. The molecule has 0 aliphatic heterocycles. The second-order valence-electron chi connectivity index (χ2n) is 7.43. The van der Waals surface area contributed by atoms with Crippen LogP contribution in [0.3, 0.4) is 0 Å². The second kappa shape index (κ2) is 7.16. The zero-order chi connectivity index (χ0) is 19.8. The lowest BCUT2D eigenvalue weighted by Crippen LogP contribution is -2.18. The van der Waals surface area contributed by atoms with E-state index in [1.165, 1.54) is 12.8 Å². The van der Waals surface area contributed by atoms with Gasteiger partial charge in [0.2, 0.25) is 5.95 Å². The zero-order valence-corrected chi connectivity index (χ0v) is 16.2. The molecule has 5 rings (SSSR count). The number of imidazole rings is 1. The van der Waals surface area contributed by atoms with Crippen molar-refractivity contribution >= 4 is 22.9 Å². The first-order chi connectivity index (χ1) is 14.2. The minimum atomic E-state index is -0.209. The molecule has 0 atom stereocenters. The molecule has 1 N–H and O–H groups in total. The van der Waals surface area contributed by atoms with Crippen LogP contribution in [0.4, 0.5) is 5.95 Å². The number of nitrogens with one attached hydrogen (secondary N) is 1. The Morgan fingerprint density at radius 1 is 1.10 bits per heavy atom. The van der Waals surface area contributed by atoms with Gasteiger partial charge >= 0.3 is 0 Å². The Labute approximate surface area is 168 Å². The van der Waals surface area contributed by atoms with E-state index in [0.29, 0.717) is 23.4 Å². The summed E-state index contributed by atoms with van der Waals surface area (Å²) >= 11 is 0. The molecule has 7 heteroatoms. The first kappa shape index (κ1) is 17.6. The van der Waals surface area contributed by atoms with Gasteiger partial charge in [0.1, 0.15) is 0 Å². The number of pyridine rings is 1. The maximum Gasteiger partial charge on any atom is 0.261 e. The van der Waals surface area contributed by atoms with Crippen LogP contribution in [-0.4, -0.2) is 30.2 Å². The fraction of sp³-hybridized carbons (Fsp3) is 0.273. The Balaban J connectivity index is 1.50. The van der Waals surface area contributed by atoms with Crippen molar-refractivity contribution in [3.63, 3.8) is 0 Å². The Morgan fingerprint density at radius 3 is 2.69 bits per heavy atom. The molecule has 0 spiro atoms. The molecular formula is C22H22N6O. The molecular weight excluding hydrogens is 364 g/mol. The quantitative estimate of drug-likeness (QED) is 0.567. The van der Waals surface area contributed by atoms with Crippen molar-refractivity contribution < 1.29 is 4.79 Å². The highest BCUT2D eigenvalue weighted by molar-refractivity contribution is 6.04. The van der Waals surface area contributed by atoms with E-state index in [9.17, 15) is 4.79 Å². The van der Waals surface area contributed by atoms with Gasteiger partial charge in [-0.3, -0.25) is 10.1 Å². The normalized spacial score (nSPS) is 14.5. The summed E-state index contributed by atoms with van der Waals surface area (Å²) in [4.78, 5) is 22.1. The number of hydrogen-bond donors (Lipinski definition) is 1. The lowest BCUT2D eigenvalue weighted by atomic mass is 10.2. The number of hydrogen-bond acceptors (Lipinski definition) is 4. The predicted octanol–water partition coefficient (Wildman–Crippen LogP) is 4.29. The molecule has 1 aliphatic rings. The molecule has 1 aliphatic carbocycles. The summed E-state index contributed by atoms with van der Waals surface area (Å²) in [6, 6.07) is 14.0. The summed E-state index contributed by atoms with van der Waals surface area (Å²) in [5.41, 5.74) is 3.22. The summed E-state index contributed by atoms with van der Waals surface area (Å²) in [7, 11) is 0. The molecule has 0 radical (unpaired) electrons. The van der Waals surface area contributed by atoms with Crippen molar-refractivity contribution in [2.24, 2.45) is 0 Å². The first-order valence-electron chi connectivity index (χ1n) is 9.97. The average Bonchev–Trinajstić information content (AvgIpc) is 3.46. The van der Waals surface area contributed by atoms with Crippen molar-refractivity contribution in [2.75, 3.05) is 5.32 Å². The van der Waals surface area contributed by atoms with Gasteiger partial charge < -0.3 is 4.57 Å². The minimum Gasteiger partial charge on any atom is -0.307 e. The predicted molar refractivity (Wildman–Crippen MR) is 111 cm³/mol. The number of benzene rings is 1. The Bertz CT molecular complexity index is 1170. The van der Waals surface area contributed by atoms with Crippen molar-refractivity contribution in [1.82, 2.24) is 24.3 Å². The van der Waals surface area contributed by atoms with Gasteiger partial charge in [-0.1, -0.05) is 31.0 Å². The van der Waals surface area contributed by atoms with Crippen LogP contribution in [0.2, 0.25) is 0 Å². The van der Waals surface area contributed by atoms with Crippen LogP contribution in [0.15, 0.2) is 54.9 Å². The fourth-order valence-corrected chi connectivity index (χ4v) is 4.18. The van der Waals surface area contributed by atoms with Crippen LogP contribution < -0.4 is 5.32 Å². The number of amides is 1. The summed E-state index contributed by atoms with van der Waals surface area (Å²) in [5.74, 6) is 1.08. The van der Waals surface area contributed by atoms with E-state index in [0.717, 1.165) is 29.6 Å². The van der Waals surface area contributed by atoms with Crippen LogP contribution in [0, 0.1) is 6.92 Å². The number of nitrogens with zero attached hydrogens (tertiary/aromatic N) is 5. The van der Waals surface area contributed by atoms with Gasteiger partial charge in [-0.2, -0.15) is 5.10 Å². The van der Waals surface area contributed by atoms with Crippen LogP contribution in [-0.2, 0) is 0 Å². The first-order valence-corrected chi connectivity index (χ1v) is 9.97. The van der Waals surface area contributed by atoms with E-state index < -0.39 is 0 Å². The van der Waals surface area contributed by atoms with Crippen LogP contribution in [0.25, 0.3) is 16.9 Å². The van der Waals surface area contributed by atoms with E-state index in [4.69, 9.17) is 4.98 Å². The number of aromatic nitrogens is 5. The molecule has 1 saturated carbocycles. The van der Waals surface area contributed by atoms with E-state index in [2.05, 4.69) is 26.0 Å². The molecule has 3 aromatic heterocycles. The monoisotopic (exact) mass is 386 g/mol. The Hall–Kier alpha value is -3.48. The molecule has 29 heavy (non-hydrogen) atoms. The highest BCUT2D eigenvalue weighted by atomic mass is 16.1. The maximum absolute atomic E-state index is 13.1. The molecule has 7 nitrogen and oxygen atoms in total. The maximum atomic E-state index is 13.1. The molecule has 1 amide bonds. The number of carbonyl (C=O) groups excluding carboxylic acids is 1. The fourth-order valence-electron chi connectivity index (χ4n) is 4.18. The van der Waals surface area contributed by atoms with E-state index in [-0.39, 0.29) is 5.91 Å². The molecule has 1 fully saturated rings. The molecule has 3 heterocycles. The van der Waals surface area contributed by atoms with Gasteiger partial charge in [0.15, 0.2) is 5.82 Å². The van der Waals surface area contributed by atoms with Crippen molar-refractivity contribution in [3.05, 3.63) is 66.1 Å².